The number of halogens is 1. The molecule has 0 aromatic heterocycles. The lowest BCUT2D eigenvalue weighted by Gasteiger charge is -2.08. The summed E-state index contributed by atoms with van der Waals surface area (Å²) in [6.07, 6.45) is 4.12. The molecule has 62 valence electrons. The van der Waals surface area contributed by atoms with Crippen molar-refractivity contribution in [3.63, 3.8) is 0 Å². The molecule has 0 bridgehead atoms. The SMILES string of the molecule is CC1C=Cc2c(O)ccc(I)c21. The van der Waals surface area contributed by atoms with E-state index in [4.69, 9.17) is 0 Å². The smallest absolute Gasteiger partial charge is 0.123 e. The molecule has 0 heterocycles. The van der Waals surface area contributed by atoms with Crippen LogP contribution in [-0.2, 0) is 0 Å². The minimum atomic E-state index is 0.394. The maximum absolute atomic E-state index is 9.52. The third-order valence-electron chi connectivity index (χ3n) is 2.22. The second kappa shape index (κ2) is 2.76. The Morgan fingerprint density at radius 3 is 2.83 bits per heavy atom. The lowest BCUT2D eigenvalue weighted by molar-refractivity contribution is 0.473. The number of hydrogen-bond donors (Lipinski definition) is 1. The summed E-state index contributed by atoms with van der Waals surface area (Å²) in [5.74, 6) is 0.838. The van der Waals surface area contributed by atoms with E-state index in [0.717, 1.165) is 5.56 Å². The third kappa shape index (κ3) is 1.05. The number of phenolic OH excluding ortho intramolecular Hbond substituents is 1. The number of allylic oxidation sites excluding steroid dienone is 1. The summed E-state index contributed by atoms with van der Waals surface area (Å²) >= 11 is 2.31. The summed E-state index contributed by atoms with van der Waals surface area (Å²) in [5, 5.41) is 9.52. The first-order valence-corrected chi connectivity index (χ1v) is 4.97. The Hall–Kier alpha value is -0.510. The zero-order chi connectivity index (χ0) is 8.72. The van der Waals surface area contributed by atoms with Gasteiger partial charge in [0, 0.05) is 15.1 Å². The van der Waals surface area contributed by atoms with Gasteiger partial charge < -0.3 is 5.11 Å². The van der Waals surface area contributed by atoms with Gasteiger partial charge in [0.25, 0.3) is 0 Å². The fraction of sp³-hybridized carbons (Fsp3) is 0.200. The second-order valence-electron chi connectivity index (χ2n) is 3.04. The summed E-state index contributed by atoms with van der Waals surface area (Å²) in [7, 11) is 0. The molecule has 0 radical (unpaired) electrons. The van der Waals surface area contributed by atoms with Gasteiger partial charge in [-0.05, 0) is 40.3 Å². The Morgan fingerprint density at radius 1 is 1.42 bits per heavy atom. The highest BCUT2D eigenvalue weighted by atomic mass is 127. The van der Waals surface area contributed by atoms with Gasteiger partial charge in [-0.15, -0.1) is 0 Å². The Bertz CT molecular complexity index is 355. The summed E-state index contributed by atoms with van der Waals surface area (Å²) < 4.78 is 1.23. The predicted molar refractivity (Wildman–Crippen MR) is 58.3 cm³/mol. The molecule has 0 aliphatic heterocycles. The van der Waals surface area contributed by atoms with Crippen LogP contribution in [0.2, 0.25) is 0 Å². The number of hydrogen-bond acceptors (Lipinski definition) is 1. The van der Waals surface area contributed by atoms with E-state index in [-0.39, 0.29) is 0 Å². The maximum atomic E-state index is 9.52. The van der Waals surface area contributed by atoms with Crippen LogP contribution in [0.15, 0.2) is 18.2 Å². The van der Waals surface area contributed by atoms with E-state index in [1.807, 2.05) is 12.1 Å². The van der Waals surface area contributed by atoms with Crippen LogP contribution in [0.5, 0.6) is 5.75 Å². The van der Waals surface area contributed by atoms with Crippen LogP contribution in [0.4, 0.5) is 0 Å². The molecule has 2 heteroatoms. The van der Waals surface area contributed by atoms with E-state index in [1.54, 1.807) is 6.07 Å². The van der Waals surface area contributed by atoms with Gasteiger partial charge in [-0.25, -0.2) is 0 Å². The fourth-order valence-corrected chi connectivity index (χ4v) is 2.53. The average molecular weight is 272 g/mol. The quantitative estimate of drug-likeness (QED) is 0.719. The van der Waals surface area contributed by atoms with Gasteiger partial charge >= 0.3 is 0 Å². The standard InChI is InChI=1S/C10H9IO/c1-6-2-3-7-9(12)5-4-8(11)10(6)7/h2-6,12H,1H3. The third-order valence-corrected chi connectivity index (χ3v) is 3.16. The Kier molecular flexibility index (Phi) is 1.87. The van der Waals surface area contributed by atoms with Gasteiger partial charge in [0.05, 0.1) is 0 Å². The number of benzene rings is 1. The Morgan fingerprint density at radius 2 is 2.17 bits per heavy atom. The number of phenols is 1. The Balaban J connectivity index is 2.71. The number of fused-ring (bicyclic) bond motifs is 1. The molecule has 1 aromatic rings. The minimum absolute atomic E-state index is 0.394. The van der Waals surface area contributed by atoms with Crippen molar-refractivity contribution in [2.24, 2.45) is 0 Å². The van der Waals surface area contributed by atoms with Crippen molar-refractivity contribution in [1.82, 2.24) is 0 Å². The molecule has 12 heavy (non-hydrogen) atoms. The van der Waals surface area contributed by atoms with Crippen LogP contribution in [0, 0.1) is 3.57 Å². The van der Waals surface area contributed by atoms with E-state index in [1.165, 1.54) is 9.13 Å². The number of aromatic hydroxyl groups is 1. The van der Waals surface area contributed by atoms with Crippen molar-refractivity contribution in [2.75, 3.05) is 0 Å². The summed E-state index contributed by atoms with van der Waals surface area (Å²) in [6, 6.07) is 3.71. The highest BCUT2D eigenvalue weighted by Crippen LogP contribution is 2.37. The topological polar surface area (TPSA) is 20.2 Å². The van der Waals surface area contributed by atoms with Gasteiger partial charge in [-0.1, -0.05) is 19.1 Å². The van der Waals surface area contributed by atoms with Gasteiger partial charge in [0.15, 0.2) is 0 Å². The highest BCUT2D eigenvalue weighted by molar-refractivity contribution is 14.1. The second-order valence-corrected chi connectivity index (χ2v) is 4.20. The molecule has 1 aromatic carbocycles. The molecule has 0 spiro atoms. The first-order valence-electron chi connectivity index (χ1n) is 3.89. The van der Waals surface area contributed by atoms with Crippen LogP contribution in [0.1, 0.15) is 24.0 Å². The largest absolute Gasteiger partial charge is 0.507 e. The van der Waals surface area contributed by atoms with E-state index >= 15 is 0 Å². The minimum Gasteiger partial charge on any atom is -0.507 e. The van der Waals surface area contributed by atoms with Crippen LogP contribution in [-0.4, -0.2) is 5.11 Å². The fourth-order valence-electron chi connectivity index (χ4n) is 1.57. The normalized spacial score (nSPS) is 19.7. The summed E-state index contributed by atoms with van der Waals surface area (Å²) in [6.45, 7) is 2.14. The Labute approximate surface area is 85.3 Å². The molecule has 1 aliphatic carbocycles. The zero-order valence-electron chi connectivity index (χ0n) is 6.71. The van der Waals surface area contributed by atoms with E-state index in [9.17, 15) is 5.11 Å². The molecule has 2 rings (SSSR count). The molecule has 0 amide bonds. The van der Waals surface area contributed by atoms with Gasteiger partial charge in [0.1, 0.15) is 5.75 Å². The first kappa shape index (κ1) is 8.10. The predicted octanol–water partition coefficient (Wildman–Crippen LogP) is 3.13. The van der Waals surface area contributed by atoms with Crippen molar-refractivity contribution in [3.05, 3.63) is 32.9 Å². The van der Waals surface area contributed by atoms with E-state index in [0.29, 0.717) is 11.7 Å². The van der Waals surface area contributed by atoms with Crippen molar-refractivity contribution < 1.29 is 5.11 Å². The van der Waals surface area contributed by atoms with Crippen LogP contribution < -0.4 is 0 Å². The average Bonchev–Trinajstić information content (AvgIpc) is 2.42. The van der Waals surface area contributed by atoms with E-state index < -0.39 is 0 Å². The molecular weight excluding hydrogens is 263 g/mol. The van der Waals surface area contributed by atoms with Gasteiger partial charge in [-0.2, -0.15) is 0 Å². The highest BCUT2D eigenvalue weighted by Gasteiger charge is 2.18. The molecule has 1 nitrogen and oxygen atoms in total. The summed E-state index contributed by atoms with van der Waals surface area (Å²) in [5.41, 5.74) is 2.25. The molecule has 1 N–H and O–H groups in total. The molecule has 0 saturated carbocycles. The van der Waals surface area contributed by atoms with Crippen molar-refractivity contribution in [2.45, 2.75) is 12.8 Å². The molecule has 0 saturated heterocycles. The molecular formula is C10H9IO. The van der Waals surface area contributed by atoms with Crippen LogP contribution in [0.3, 0.4) is 0 Å². The van der Waals surface area contributed by atoms with Gasteiger partial charge in [-0.3, -0.25) is 0 Å². The molecule has 0 fully saturated rings. The summed E-state index contributed by atoms with van der Waals surface area (Å²) in [4.78, 5) is 0. The molecule has 1 unspecified atom stereocenters. The van der Waals surface area contributed by atoms with Crippen LogP contribution in [0.25, 0.3) is 6.08 Å². The van der Waals surface area contributed by atoms with Crippen LogP contribution >= 0.6 is 22.6 Å². The zero-order valence-corrected chi connectivity index (χ0v) is 8.87. The lowest BCUT2D eigenvalue weighted by atomic mass is 10.0. The van der Waals surface area contributed by atoms with Crippen molar-refractivity contribution >= 4 is 28.7 Å². The molecule has 1 aliphatic rings. The first-order chi connectivity index (χ1) is 5.70. The van der Waals surface area contributed by atoms with Crippen molar-refractivity contribution in [1.29, 1.82) is 0 Å². The van der Waals surface area contributed by atoms with Gasteiger partial charge in [0.2, 0.25) is 0 Å². The maximum Gasteiger partial charge on any atom is 0.123 e. The monoisotopic (exact) mass is 272 g/mol. The lowest BCUT2D eigenvalue weighted by Crippen LogP contribution is -1.91. The van der Waals surface area contributed by atoms with Crippen molar-refractivity contribution in [3.8, 4) is 5.75 Å². The van der Waals surface area contributed by atoms with E-state index in [2.05, 4.69) is 35.6 Å². The number of rotatable bonds is 0. The molecule has 1 atom stereocenters.